The lowest BCUT2D eigenvalue weighted by Crippen LogP contribution is -2.41. The third kappa shape index (κ3) is 3.42. The van der Waals surface area contributed by atoms with Crippen LogP contribution >= 0.6 is 11.6 Å². The van der Waals surface area contributed by atoms with Gasteiger partial charge in [0.2, 0.25) is 0 Å². The van der Waals surface area contributed by atoms with E-state index < -0.39 is 28.2 Å². The van der Waals surface area contributed by atoms with Crippen molar-refractivity contribution in [3.05, 3.63) is 38.9 Å². The minimum atomic E-state index is -1.41. The summed E-state index contributed by atoms with van der Waals surface area (Å²) in [4.78, 5) is 34.0. The fourth-order valence-corrected chi connectivity index (χ4v) is 2.16. The van der Waals surface area contributed by atoms with Crippen molar-refractivity contribution in [2.45, 2.75) is 25.5 Å². The van der Waals surface area contributed by atoms with Gasteiger partial charge in [-0.15, -0.1) is 11.6 Å². The first-order chi connectivity index (χ1) is 10.6. The Kier molecular flexibility index (Phi) is 4.28. The molecule has 0 bridgehead atoms. The summed E-state index contributed by atoms with van der Waals surface area (Å²) < 4.78 is 9.82. The maximum absolute atomic E-state index is 11.9. The summed E-state index contributed by atoms with van der Waals surface area (Å²) in [5, 5.41) is 21.0. The predicted octanol–water partition coefficient (Wildman–Crippen LogP) is 2.26. The van der Waals surface area contributed by atoms with Gasteiger partial charge in [-0.25, -0.2) is 9.59 Å². The van der Waals surface area contributed by atoms with E-state index in [4.69, 9.17) is 21.1 Å². The maximum Gasteiger partial charge on any atom is 0.348 e. The number of hydrogen-bond acceptors (Lipinski definition) is 7. The topological polar surface area (TPSA) is 116 Å². The van der Waals surface area contributed by atoms with Gasteiger partial charge < -0.3 is 14.6 Å². The highest BCUT2D eigenvalue weighted by Crippen LogP contribution is 2.32. The highest BCUT2D eigenvalue weighted by atomic mass is 35.5. The van der Waals surface area contributed by atoms with Crippen LogP contribution in [0.5, 0.6) is 5.75 Å². The molecular weight excluding hydrogens is 330 g/mol. The van der Waals surface area contributed by atoms with Crippen LogP contribution in [0.3, 0.4) is 0 Å². The molecule has 0 amide bonds. The number of nitro benzene ring substituents is 1. The molecule has 1 N–H and O–H groups in total. The second kappa shape index (κ2) is 5.88. The number of benzene rings is 1. The van der Waals surface area contributed by atoms with Crippen molar-refractivity contribution in [2.24, 2.45) is 0 Å². The van der Waals surface area contributed by atoms with Crippen molar-refractivity contribution < 1.29 is 29.1 Å². The molecule has 0 radical (unpaired) electrons. The maximum atomic E-state index is 11.9. The second-order valence-corrected chi connectivity index (χ2v) is 5.44. The summed E-state index contributed by atoms with van der Waals surface area (Å²) in [5.74, 6) is -3.87. The Bertz CT molecular complexity index is 717. The van der Waals surface area contributed by atoms with E-state index in [0.29, 0.717) is 0 Å². The lowest BCUT2D eigenvalue weighted by molar-refractivity contribution is -0.384. The summed E-state index contributed by atoms with van der Waals surface area (Å²) in [5.41, 5.74) is -0.854. The number of phenols is 1. The molecule has 0 spiro atoms. The van der Waals surface area contributed by atoms with Crippen LogP contribution in [0.15, 0.2) is 17.7 Å². The molecule has 0 saturated carbocycles. The standard InChI is InChI=1S/C14H12ClNO7/c1-14(2)22-12(18)10(13(19)23-14)5-7-3-9(16(20)21)4-8(6-15)11(7)17/h3-5,17H,6H2,1-2H3. The van der Waals surface area contributed by atoms with Crippen molar-refractivity contribution >= 4 is 35.3 Å². The number of non-ortho nitro benzene ring substituents is 1. The molecule has 122 valence electrons. The quantitative estimate of drug-likeness (QED) is 0.224. The van der Waals surface area contributed by atoms with Gasteiger partial charge >= 0.3 is 11.9 Å². The molecule has 0 atom stereocenters. The molecule has 1 fully saturated rings. The second-order valence-electron chi connectivity index (χ2n) is 5.17. The van der Waals surface area contributed by atoms with Crippen LogP contribution in [0.25, 0.3) is 6.08 Å². The van der Waals surface area contributed by atoms with Crippen molar-refractivity contribution in [3.63, 3.8) is 0 Å². The van der Waals surface area contributed by atoms with Crippen molar-refractivity contribution in [2.75, 3.05) is 0 Å². The van der Waals surface area contributed by atoms with Crippen LogP contribution in [0.1, 0.15) is 25.0 Å². The highest BCUT2D eigenvalue weighted by molar-refractivity contribution is 6.19. The van der Waals surface area contributed by atoms with E-state index in [1.54, 1.807) is 0 Å². The molecule has 9 heteroatoms. The monoisotopic (exact) mass is 341 g/mol. The Morgan fingerprint density at radius 2 is 1.87 bits per heavy atom. The fourth-order valence-electron chi connectivity index (χ4n) is 1.95. The third-order valence-corrected chi connectivity index (χ3v) is 3.26. The first kappa shape index (κ1) is 16.8. The Balaban J connectivity index is 2.54. The molecule has 0 aliphatic carbocycles. The zero-order chi connectivity index (χ0) is 17.4. The van der Waals surface area contributed by atoms with Crippen LogP contribution in [0.2, 0.25) is 0 Å². The minimum absolute atomic E-state index is 0.0885. The lowest BCUT2D eigenvalue weighted by Gasteiger charge is -2.29. The first-order valence-electron chi connectivity index (χ1n) is 6.39. The molecule has 1 aliphatic rings. The number of nitro groups is 1. The number of rotatable bonds is 3. The van der Waals surface area contributed by atoms with E-state index in [9.17, 15) is 24.8 Å². The van der Waals surface area contributed by atoms with Gasteiger partial charge in [-0.2, -0.15) is 0 Å². The van der Waals surface area contributed by atoms with Crippen LogP contribution in [0.4, 0.5) is 5.69 Å². The molecule has 1 aliphatic heterocycles. The SMILES string of the molecule is CC1(C)OC(=O)C(=Cc2cc([N+](=O)[O-])cc(CCl)c2O)C(=O)O1. The number of esters is 2. The molecular formula is C14H12ClNO7. The first-order valence-corrected chi connectivity index (χ1v) is 6.92. The third-order valence-electron chi connectivity index (χ3n) is 2.97. The summed E-state index contributed by atoms with van der Waals surface area (Å²) in [6.45, 7) is 2.77. The molecule has 0 unspecified atom stereocenters. The Labute approximate surface area is 135 Å². The fraction of sp³-hybridized carbons (Fsp3) is 0.286. The van der Waals surface area contributed by atoms with Gasteiger partial charge in [-0.05, 0) is 6.08 Å². The predicted molar refractivity (Wildman–Crippen MR) is 78.6 cm³/mol. The Hall–Kier alpha value is -2.61. The number of aromatic hydroxyl groups is 1. The summed E-state index contributed by atoms with van der Waals surface area (Å²) in [6, 6.07) is 2.11. The van der Waals surface area contributed by atoms with Gasteiger partial charge in [0.05, 0.1) is 10.8 Å². The van der Waals surface area contributed by atoms with Crippen molar-refractivity contribution in [1.29, 1.82) is 0 Å². The van der Waals surface area contributed by atoms with E-state index in [1.807, 2.05) is 0 Å². The zero-order valence-corrected chi connectivity index (χ0v) is 12.9. The number of hydrogen-bond donors (Lipinski definition) is 1. The average Bonchev–Trinajstić information content (AvgIpc) is 2.43. The molecule has 2 rings (SSSR count). The van der Waals surface area contributed by atoms with Crippen molar-refractivity contribution in [3.8, 4) is 5.75 Å². The van der Waals surface area contributed by atoms with Gasteiger partial charge in [0.25, 0.3) is 11.5 Å². The number of halogens is 1. The number of nitrogens with zero attached hydrogens (tertiary/aromatic N) is 1. The normalized spacial score (nSPS) is 16.6. The molecule has 1 heterocycles. The largest absolute Gasteiger partial charge is 0.507 e. The molecule has 8 nitrogen and oxygen atoms in total. The van der Waals surface area contributed by atoms with Gasteiger partial charge in [0.1, 0.15) is 11.3 Å². The summed E-state index contributed by atoms with van der Waals surface area (Å²) >= 11 is 5.63. The molecule has 23 heavy (non-hydrogen) atoms. The van der Waals surface area contributed by atoms with Crippen LogP contribution in [-0.4, -0.2) is 27.8 Å². The summed E-state index contributed by atoms with van der Waals surface area (Å²) in [7, 11) is 0. The van der Waals surface area contributed by atoms with E-state index in [2.05, 4.69) is 0 Å². The van der Waals surface area contributed by atoms with Gasteiger partial charge in [0.15, 0.2) is 0 Å². The zero-order valence-electron chi connectivity index (χ0n) is 12.2. The Morgan fingerprint density at radius 1 is 1.30 bits per heavy atom. The average molecular weight is 342 g/mol. The van der Waals surface area contributed by atoms with E-state index in [0.717, 1.165) is 18.2 Å². The van der Waals surface area contributed by atoms with Crippen molar-refractivity contribution in [1.82, 2.24) is 0 Å². The van der Waals surface area contributed by atoms with Crippen LogP contribution in [0, 0.1) is 10.1 Å². The lowest BCUT2D eigenvalue weighted by atomic mass is 10.0. The smallest absolute Gasteiger partial charge is 0.348 e. The number of carbonyl (C=O) groups is 2. The molecule has 1 saturated heterocycles. The van der Waals surface area contributed by atoms with Gasteiger partial charge in [0, 0.05) is 37.1 Å². The molecule has 1 aromatic carbocycles. The number of carbonyl (C=O) groups excluding carboxylic acids is 2. The Morgan fingerprint density at radius 3 is 2.35 bits per heavy atom. The number of phenolic OH excluding ortho intramolecular Hbond substituents is 1. The number of alkyl halides is 1. The van der Waals surface area contributed by atoms with Crippen LogP contribution in [-0.2, 0) is 24.9 Å². The van der Waals surface area contributed by atoms with E-state index >= 15 is 0 Å². The molecule has 1 aromatic rings. The highest BCUT2D eigenvalue weighted by Gasteiger charge is 2.39. The van der Waals surface area contributed by atoms with E-state index in [-0.39, 0.29) is 28.4 Å². The van der Waals surface area contributed by atoms with Crippen LogP contribution < -0.4 is 0 Å². The number of ether oxygens (including phenoxy) is 2. The van der Waals surface area contributed by atoms with Gasteiger partial charge in [-0.1, -0.05) is 0 Å². The summed E-state index contributed by atoms with van der Waals surface area (Å²) in [6.07, 6.45) is 0.971. The van der Waals surface area contributed by atoms with E-state index in [1.165, 1.54) is 13.8 Å². The number of cyclic esters (lactones) is 2. The minimum Gasteiger partial charge on any atom is -0.507 e. The molecule has 0 aromatic heterocycles. The van der Waals surface area contributed by atoms with Gasteiger partial charge in [-0.3, -0.25) is 10.1 Å².